The van der Waals surface area contributed by atoms with E-state index in [0.717, 1.165) is 5.57 Å². The number of hydrogen-bond donors (Lipinski definition) is 0. The summed E-state index contributed by atoms with van der Waals surface area (Å²) in [7, 11) is 0. The summed E-state index contributed by atoms with van der Waals surface area (Å²) in [6.45, 7) is 3.67. The fourth-order valence-corrected chi connectivity index (χ4v) is 2.67. The number of esters is 1. The topological polar surface area (TPSA) is 39.2 Å². The Labute approximate surface area is 123 Å². The van der Waals surface area contributed by atoms with E-state index in [4.69, 9.17) is 4.74 Å². The van der Waals surface area contributed by atoms with Gasteiger partial charge in [0.2, 0.25) is 0 Å². The van der Waals surface area contributed by atoms with Crippen molar-refractivity contribution in [1.29, 1.82) is 0 Å². The Bertz CT molecular complexity index is 540. The van der Waals surface area contributed by atoms with Crippen LogP contribution in [0.5, 0.6) is 0 Å². The van der Waals surface area contributed by atoms with E-state index in [1.807, 2.05) is 0 Å². The smallest absolute Gasteiger partial charge is 0.333 e. The number of alkyl halides is 2. The molecule has 21 heavy (non-hydrogen) atoms. The maximum absolute atomic E-state index is 14.2. The van der Waals surface area contributed by atoms with Crippen molar-refractivity contribution in [2.24, 2.45) is 0 Å². The Balaban J connectivity index is 2.28. The lowest BCUT2D eigenvalue weighted by Crippen LogP contribution is -2.31. The molecular weight excluding hydrogens is 276 g/mol. The van der Waals surface area contributed by atoms with Gasteiger partial charge in [-0.15, -0.1) is 0 Å². The van der Waals surface area contributed by atoms with Crippen LogP contribution in [0.4, 0.5) is 8.78 Å². The number of pyridine rings is 1. The van der Waals surface area contributed by atoms with Crippen LogP contribution in [0.1, 0.15) is 44.6 Å². The molecule has 1 aromatic heterocycles. The summed E-state index contributed by atoms with van der Waals surface area (Å²) >= 11 is 0. The Morgan fingerprint density at radius 3 is 2.71 bits per heavy atom. The van der Waals surface area contributed by atoms with E-state index in [9.17, 15) is 13.6 Å². The minimum absolute atomic E-state index is 0.182. The molecule has 1 atom stereocenters. The lowest BCUT2D eigenvalue weighted by atomic mass is 9.77. The number of allylic oxidation sites excluding steroid dienone is 1. The SMILES string of the molecule is CCOC(=O)/C(C)=C1\CCC(F)(F)[C@@H](c2ccncc2)C1. The van der Waals surface area contributed by atoms with Crippen LogP contribution in [-0.2, 0) is 9.53 Å². The number of halogens is 2. The molecule has 1 aliphatic rings. The van der Waals surface area contributed by atoms with E-state index in [1.54, 1.807) is 26.0 Å². The highest BCUT2D eigenvalue weighted by Crippen LogP contribution is 2.47. The van der Waals surface area contributed by atoms with Gasteiger partial charge >= 0.3 is 5.97 Å². The molecule has 1 heterocycles. The number of rotatable bonds is 3. The Morgan fingerprint density at radius 2 is 2.10 bits per heavy atom. The first-order chi connectivity index (χ1) is 9.95. The number of ether oxygens (including phenoxy) is 1. The molecular formula is C16H19F2NO2. The van der Waals surface area contributed by atoms with Crippen molar-refractivity contribution < 1.29 is 18.3 Å². The number of nitrogens with zero attached hydrogens (tertiary/aromatic N) is 1. The van der Waals surface area contributed by atoms with Crippen molar-refractivity contribution in [3.05, 3.63) is 41.2 Å². The fourth-order valence-electron chi connectivity index (χ4n) is 2.67. The third-order valence-corrected chi connectivity index (χ3v) is 3.94. The Hall–Kier alpha value is -1.78. The molecule has 0 aromatic carbocycles. The summed E-state index contributed by atoms with van der Waals surface area (Å²) in [6, 6.07) is 3.22. The molecule has 114 valence electrons. The van der Waals surface area contributed by atoms with Gasteiger partial charge in [-0.05, 0) is 44.4 Å². The highest BCUT2D eigenvalue weighted by molar-refractivity contribution is 5.88. The molecule has 0 bridgehead atoms. The van der Waals surface area contributed by atoms with Crippen LogP contribution in [0.15, 0.2) is 35.7 Å². The molecule has 1 aliphatic carbocycles. The van der Waals surface area contributed by atoms with Gasteiger partial charge in [0.25, 0.3) is 5.92 Å². The normalized spacial score (nSPS) is 23.5. The standard InChI is InChI=1S/C16H19F2NO2/c1-3-21-15(20)11(2)13-4-7-16(17,18)14(10-13)12-5-8-19-9-6-12/h5-6,8-9,14H,3-4,7,10H2,1-2H3/b13-11+/t14-/m1/s1. The van der Waals surface area contributed by atoms with E-state index in [-0.39, 0.29) is 25.9 Å². The van der Waals surface area contributed by atoms with Crippen molar-refractivity contribution >= 4 is 5.97 Å². The lowest BCUT2D eigenvalue weighted by molar-refractivity contribution is -0.138. The first-order valence-corrected chi connectivity index (χ1v) is 7.09. The Morgan fingerprint density at radius 1 is 1.43 bits per heavy atom. The van der Waals surface area contributed by atoms with Crippen LogP contribution < -0.4 is 0 Å². The zero-order valence-corrected chi connectivity index (χ0v) is 12.2. The summed E-state index contributed by atoms with van der Waals surface area (Å²) in [4.78, 5) is 15.6. The second kappa shape index (κ2) is 6.33. The predicted molar refractivity (Wildman–Crippen MR) is 75.1 cm³/mol. The highest BCUT2D eigenvalue weighted by atomic mass is 19.3. The molecule has 5 heteroatoms. The summed E-state index contributed by atoms with van der Waals surface area (Å²) in [5.41, 5.74) is 1.79. The molecule has 0 N–H and O–H groups in total. The van der Waals surface area contributed by atoms with Gasteiger partial charge in [0.15, 0.2) is 0 Å². The summed E-state index contributed by atoms with van der Waals surface area (Å²) in [6.07, 6.45) is 3.20. The molecule has 3 nitrogen and oxygen atoms in total. The molecule has 0 amide bonds. The maximum Gasteiger partial charge on any atom is 0.333 e. The van der Waals surface area contributed by atoms with E-state index < -0.39 is 17.8 Å². The zero-order valence-electron chi connectivity index (χ0n) is 12.2. The van der Waals surface area contributed by atoms with Crippen LogP contribution in [0, 0.1) is 0 Å². The zero-order chi connectivity index (χ0) is 15.5. The summed E-state index contributed by atoms with van der Waals surface area (Å²) in [5, 5.41) is 0. The minimum Gasteiger partial charge on any atom is -0.463 e. The van der Waals surface area contributed by atoms with Crippen molar-refractivity contribution in [1.82, 2.24) is 4.98 Å². The van der Waals surface area contributed by atoms with Crippen LogP contribution in [0.2, 0.25) is 0 Å². The molecule has 0 spiro atoms. The molecule has 1 saturated carbocycles. The summed E-state index contributed by atoms with van der Waals surface area (Å²) in [5.74, 6) is -4.08. The second-order valence-corrected chi connectivity index (χ2v) is 5.25. The Kier molecular flexibility index (Phi) is 4.70. The van der Waals surface area contributed by atoms with E-state index in [2.05, 4.69) is 4.98 Å². The number of carbonyl (C=O) groups is 1. The third kappa shape index (κ3) is 3.46. The molecule has 0 aliphatic heterocycles. The van der Waals surface area contributed by atoms with E-state index in [0.29, 0.717) is 11.1 Å². The average molecular weight is 295 g/mol. The van der Waals surface area contributed by atoms with Gasteiger partial charge in [-0.2, -0.15) is 0 Å². The maximum atomic E-state index is 14.2. The van der Waals surface area contributed by atoms with Gasteiger partial charge in [-0.3, -0.25) is 4.98 Å². The molecule has 1 fully saturated rings. The van der Waals surface area contributed by atoms with Crippen molar-refractivity contribution in [3.8, 4) is 0 Å². The molecule has 0 saturated heterocycles. The van der Waals surface area contributed by atoms with Crippen LogP contribution in [0.25, 0.3) is 0 Å². The molecule has 1 aromatic rings. The fraction of sp³-hybridized carbons (Fsp3) is 0.500. The van der Waals surface area contributed by atoms with Gasteiger partial charge < -0.3 is 4.74 Å². The van der Waals surface area contributed by atoms with E-state index >= 15 is 0 Å². The van der Waals surface area contributed by atoms with Crippen LogP contribution in [0.3, 0.4) is 0 Å². The first-order valence-electron chi connectivity index (χ1n) is 7.09. The third-order valence-electron chi connectivity index (χ3n) is 3.94. The van der Waals surface area contributed by atoms with Crippen molar-refractivity contribution in [3.63, 3.8) is 0 Å². The second-order valence-electron chi connectivity index (χ2n) is 5.25. The molecule has 0 unspecified atom stereocenters. The van der Waals surface area contributed by atoms with Gasteiger partial charge in [0, 0.05) is 24.4 Å². The minimum atomic E-state index is -2.76. The van der Waals surface area contributed by atoms with Crippen LogP contribution >= 0.6 is 0 Å². The van der Waals surface area contributed by atoms with E-state index in [1.165, 1.54) is 12.4 Å². The van der Waals surface area contributed by atoms with Crippen molar-refractivity contribution in [2.45, 2.75) is 45.0 Å². The predicted octanol–water partition coefficient (Wildman–Crippen LogP) is 3.86. The van der Waals surface area contributed by atoms with Crippen LogP contribution in [-0.4, -0.2) is 23.5 Å². The largest absolute Gasteiger partial charge is 0.463 e. The van der Waals surface area contributed by atoms with Gasteiger partial charge in [-0.1, -0.05) is 5.57 Å². The average Bonchev–Trinajstić information content (AvgIpc) is 2.47. The number of carbonyl (C=O) groups excluding carboxylic acids is 1. The van der Waals surface area contributed by atoms with Gasteiger partial charge in [-0.25, -0.2) is 13.6 Å². The first kappa shape index (κ1) is 15.6. The van der Waals surface area contributed by atoms with Gasteiger partial charge in [0.05, 0.1) is 12.5 Å². The van der Waals surface area contributed by atoms with Crippen molar-refractivity contribution in [2.75, 3.05) is 6.61 Å². The quantitative estimate of drug-likeness (QED) is 0.628. The monoisotopic (exact) mass is 295 g/mol. The summed E-state index contributed by atoms with van der Waals surface area (Å²) < 4.78 is 33.3. The van der Waals surface area contributed by atoms with Gasteiger partial charge in [0.1, 0.15) is 0 Å². The number of aromatic nitrogens is 1. The molecule has 0 radical (unpaired) electrons. The number of hydrogen-bond acceptors (Lipinski definition) is 3. The highest BCUT2D eigenvalue weighted by Gasteiger charge is 2.44. The molecule has 2 rings (SSSR count). The lowest BCUT2D eigenvalue weighted by Gasteiger charge is -2.33.